The van der Waals surface area contributed by atoms with Gasteiger partial charge in [0, 0.05) is 12.5 Å². The fraction of sp³-hybridized carbons (Fsp3) is 0.591. The zero-order chi connectivity index (χ0) is 18.9. The average Bonchev–Trinajstić information content (AvgIpc) is 3.17. The van der Waals surface area contributed by atoms with Crippen LogP contribution in [-0.4, -0.2) is 32.9 Å². The van der Waals surface area contributed by atoms with Gasteiger partial charge in [-0.1, -0.05) is 60.8 Å². The summed E-state index contributed by atoms with van der Waals surface area (Å²) in [5, 5.41) is 1.45. The third kappa shape index (κ3) is 3.18. The number of carbonyl (C=O) groups excluding carboxylic acids is 1. The van der Waals surface area contributed by atoms with Crippen LogP contribution in [0.25, 0.3) is 0 Å². The van der Waals surface area contributed by atoms with Crippen LogP contribution in [0.3, 0.4) is 0 Å². The molecule has 0 spiro atoms. The van der Waals surface area contributed by atoms with Gasteiger partial charge in [0.25, 0.3) is 0 Å². The molecule has 3 unspecified atom stereocenters. The maximum absolute atomic E-state index is 12.8. The second-order valence-electron chi connectivity index (χ2n) is 8.41. The standard InChI is InChI=1S/C22H32O3Si/c1-6-24-21(23)17-15-22(3,25-7-2)18-13-14-19(20(17)18)26(4,5)16-11-9-8-10-12-16/h8-14,17-20H,6-7,15H2,1-5H3/t17?,18?,19-,20-,22?/m0/s1. The van der Waals surface area contributed by atoms with Crippen LogP contribution in [0.2, 0.25) is 18.6 Å². The number of allylic oxidation sites excluding steroid dienone is 1. The Bertz CT molecular complexity index is 669. The van der Waals surface area contributed by atoms with Gasteiger partial charge in [-0.2, -0.15) is 0 Å². The first kappa shape index (κ1) is 19.4. The minimum atomic E-state index is -1.78. The highest BCUT2D eigenvalue weighted by molar-refractivity contribution is 6.91. The number of hydrogen-bond acceptors (Lipinski definition) is 3. The van der Waals surface area contributed by atoms with E-state index >= 15 is 0 Å². The van der Waals surface area contributed by atoms with Crippen molar-refractivity contribution in [3.63, 3.8) is 0 Å². The van der Waals surface area contributed by atoms with Gasteiger partial charge in [-0.25, -0.2) is 0 Å². The molecule has 26 heavy (non-hydrogen) atoms. The van der Waals surface area contributed by atoms with E-state index in [0.29, 0.717) is 18.8 Å². The first-order valence-electron chi connectivity index (χ1n) is 9.89. The smallest absolute Gasteiger partial charge is 0.309 e. The van der Waals surface area contributed by atoms with Crippen molar-refractivity contribution < 1.29 is 14.3 Å². The van der Waals surface area contributed by atoms with Crippen molar-refractivity contribution in [1.82, 2.24) is 0 Å². The molecule has 142 valence electrons. The van der Waals surface area contributed by atoms with E-state index in [2.05, 4.69) is 62.5 Å². The predicted octanol–water partition coefficient (Wildman–Crippen LogP) is 4.15. The lowest BCUT2D eigenvalue weighted by atomic mass is 9.88. The predicted molar refractivity (Wildman–Crippen MR) is 108 cm³/mol. The first-order chi connectivity index (χ1) is 12.3. The van der Waals surface area contributed by atoms with Crippen LogP contribution in [0, 0.1) is 17.8 Å². The van der Waals surface area contributed by atoms with Gasteiger partial charge in [-0.15, -0.1) is 0 Å². The number of carbonyl (C=O) groups is 1. The molecule has 3 rings (SSSR count). The second kappa shape index (κ2) is 7.32. The van der Waals surface area contributed by atoms with E-state index in [0.717, 1.165) is 6.42 Å². The van der Waals surface area contributed by atoms with Crippen LogP contribution in [-0.2, 0) is 14.3 Å². The normalized spacial score (nSPS) is 33.3. The Hall–Kier alpha value is -1.39. The van der Waals surface area contributed by atoms with Crippen LogP contribution in [0.5, 0.6) is 0 Å². The van der Waals surface area contributed by atoms with Gasteiger partial charge < -0.3 is 9.47 Å². The van der Waals surface area contributed by atoms with Gasteiger partial charge >= 0.3 is 5.97 Å². The number of benzene rings is 1. The molecule has 0 radical (unpaired) electrons. The van der Waals surface area contributed by atoms with Gasteiger partial charge in [0.2, 0.25) is 0 Å². The highest BCUT2D eigenvalue weighted by Gasteiger charge is 2.60. The summed E-state index contributed by atoms with van der Waals surface area (Å²) in [6, 6.07) is 10.8. The molecule has 0 amide bonds. The van der Waals surface area contributed by atoms with Gasteiger partial charge in [0.05, 0.1) is 26.2 Å². The van der Waals surface area contributed by atoms with E-state index in [1.165, 1.54) is 5.19 Å². The van der Waals surface area contributed by atoms with Gasteiger partial charge in [-0.05, 0) is 38.7 Å². The molecule has 2 aliphatic rings. The van der Waals surface area contributed by atoms with Crippen LogP contribution in [0.1, 0.15) is 27.2 Å². The van der Waals surface area contributed by atoms with Crippen LogP contribution in [0.4, 0.5) is 0 Å². The summed E-state index contributed by atoms with van der Waals surface area (Å²) in [4.78, 5) is 12.8. The fourth-order valence-electron chi connectivity index (χ4n) is 5.30. The van der Waals surface area contributed by atoms with Crippen molar-refractivity contribution in [3.05, 3.63) is 42.5 Å². The molecular formula is C22H32O3Si. The maximum Gasteiger partial charge on any atom is 0.309 e. The average molecular weight is 373 g/mol. The van der Waals surface area contributed by atoms with E-state index < -0.39 is 8.07 Å². The molecule has 0 heterocycles. The van der Waals surface area contributed by atoms with Crippen molar-refractivity contribution >= 4 is 19.2 Å². The quantitative estimate of drug-likeness (QED) is 0.427. The summed E-state index contributed by atoms with van der Waals surface area (Å²) in [5.41, 5.74) is 0.148. The Labute approximate surface area is 158 Å². The molecular weight excluding hydrogens is 340 g/mol. The molecule has 1 aromatic carbocycles. The van der Waals surface area contributed by atoms with Crippen LogP contribution >= 0.6 is 0 Å². The van der Waals surface area contributed by atoms with E-state index in [1.54, 1.807) is 0 Å². The summed E-state index contributed by atoms with van der Waals surface area (Å²) in [6.45, 7) is 12.1. The van der Waals surface area contributed by atoms with Crippen LogP contribution in [0.15, 0.2) is 42.5 Å². The monoisotopic (exact) mass is 372 g/mol. The lowest BCUT2D eigenvalue weighted by Crippen LogP contribution is -2.49. The molecule has 1 fully saturated rings. The summed E-state index contributed by atoms with van der Waals surface area (Å²) in [7, 11) is -1.78. The molecule has 5 atom stereocenters. The van der Waals surface area contributed by atoms with Crippen molar-refractivity contribution in [2.45, 2.75) is 51.4 Å². The largest absolute Gasteiger partial charge is 0.466 e. The molecule has 4 heteroatoms. The van der Waals surface area contributed by atoms with Gasteiger partial charge in [0.1, 0.15) is 0 Å². The third-order valence-electron chi connectivity index (χ3n) is 6.56. The summed E-state index contributed by atoms with van der Waals surface area (Å²) >= 11 is 0. The second-order valence-corrected chi connectivity index (χ2v) is 13.1. The lowest BCUT2D eigenvalue weighted by Gasteiger charge is -2.36. The van der Waals surface area contributed by atoms with Gasteiger partial charge in [-0.3, -0.25) is 4.79 Å². The van der Waals surface area contributed by atoms with Crippen molar-refractivity contribution in [3.8, 4) is 0 Å². The topological polar surface area (TPSA) is 35.5 Å². The fourth-order valence-corrected chi connectivity index (χ4v) is 8.73. The molecule has 2 aliphatic carbocycles. The Balaban J connectivity index is 1.97. The Morgan fingerprint density at radius 3 is 2.46 bits per heavy atom. The highest BCUT2D eigenvalue weighted by Crippen LogP contribution is 2.58. The Morgan fingerprint density at radius 2 is 1.85 bits per heavy atom. The molecule has 1 saturated carbocycles. The molecule has 0 N–H and O–H groups in total. The summed E-state index contributed by atoms with van der Waals surface area (Å²) in [5.74, 6) is 0.453. The van der Waals surface area contributed by atoms with Crippen molar-refractivity contribution in [2.75, 3.05) is 13.2 Å². The van der Waals surface area contributed by atoms with Crippen molar-refractivity contribution in [2.24, 2.45) is 17.8 Å². The van der Waals surface area contributed by atoms with E-state index in [1.807, 2.05) is 13.8 Å². The number of hydrogen-bond donors (Lipinski definition) is 0. The zero-order valence-electron chi connectivity index (χ0n) is 16.7. The SMILES string of the molecule is CCOC(=O)C1CC(C)(OCC)C2C=C[C@H]([Si](C)(C)c3ccccc3)[C@@H]12. The van der Waals surface area contributed by atoms with E-state index in [-0.39, 0.29) is 29.3 Å². The molecule has 0 aromatic heterocycles. The Morgan fingerprint density at radius 1 is 1.15 bits per heavy atom. The minimum absolute atomic E-state index is 0.0440. The van der Waals surface area contributed by atoms with E-state index in [4.69, 9.17) is 9.47 Å². The van der Waals surface area contributed by atoms with E-state index in [9.17, 15) is 4.79 Å². The minimum Gasteiger partial charge on any atom is -0.466 e. The maximum atomic E-state index is 12.8. The number of esters is 1. The van der Waals surface area contributed by atoms with Crippen molar-refractivity contribution in [1.29, 1.82) is 0 Å². The molecule has 3 nitrogen and oxygen atoms in total. The van der Waals surface area contributed by atoms with Crippen LogP contribution < -0.4 is 5.19 Å². The molecule has 1 aromatic rings. The number of ether oxygens (including phenoxy) is 2. The third-order valence-corrected chi connectivity index (χ3v) is 10.6. The molecule has 0 bridgehead atoms. The first-order valence-corrected chi connectivity index (χ1v) is 13.0. The van der Waals surface area contributed by atoms with Gasteiger partial charge in [0.15, 0.2) is 0 Å². The highest BCUT2D eigenvalue weighted by atomic mass is 28.3. The lowest BCUT2D eigenvalue weighted by molar-refractivity contribution is -0.149. The summed E-state index contributed by atoms with van der Waals surface area (Å²) in [6.07, 6.45) is 5.48. The number of rotatable bonds is 6. The number of fused-ring (bicyclic) bond motifs is 1. The Kier molecular flexibility index (Phi) is 5.45. The zero-order valence-corrected chi connectivity index (χ0v) is 17.7. The molecule has 0 aliphatic heterocycles. The summed E-state index contributed by atoms with van der Waals surface area (Å²) < 4.78 is 11.7. The molecule has 0 saturated heterocycles.